The average molecular weight is 445 g/mol. The largest absolute Gasteiger partial charge is 0.393 e. The van der Waals surface area contributed by atoms with Gasteiger partial charge in [-0.25, -0.2) is 0 Å². The number of aliphatic hydroxyl groups excluding tert-OH is 2. The minimum absolute atomic E-state index is 0.371. The van der Waals surface area contributed by atoms with Gasteiger partial charge in [0.15, 0.2) is 0 Å². The third kappa shape index (κ3) is 5.42. The highest BCUT2D eigenvalue weighted by Gasteiger charge is 2.50. The maximum Gasteiger partial charge on any atom is 0.0811 e. The molecule has 3 rings (SSSR count). The van der Waals surface area contributed by atoms with Gasteiger partial charge < -0.3 is 15.3 Å². The molecule has 6 atom stereocenters. The third-order valence-electron chi connectivity index (χ3n) is 9.61. The Kier molecular flexibility index (Phi) is 8.50. The molecular weight excluding hydrogens is 396 g/mol. The topological polar surface area (TPSA) is 60.7 Å². The van der Waals surface area contributed by atoms with Gasteiger partial charge in [-0.15, -0.1) is 0 Å². The molecule has 0 spiro atoms. The Balaban J connectivity index is 1.67. The van der Waals surface area contributed by atoms with E-state index < -0.39 is 17.8 Å². The second-order valence-electron chi connectivity index (χ2n) is 11.5. The number of aliphatic hydroxyl groups is 3. The lowest BCUT2D eigenvalue weighted by atomic mass is 9.60. The van der Waals surface area contributed by atoms with Gasteiger partial charge in [0.2, 0.25) is 0 Å². The molecule has 3 aliphatic carbocycles. The lowest BCUT2D eigenvalue weighted by molar-refractivity contribution is 0.0178. The monoisotopic (exact) mass is 444 g/mol. The molecule has 0 aromatic heterocycles. The molecule has 3 fully saturated rings. The number of hydrogen-bond acceptors (Lipinski definition) is 3. The summed E-state index contributed by atoms with van der Waals surface area (Å²) < 4.78 is 0. The fraction of sp³-hybridized carbons (Fsp3) is 0.793. The highest BCUT2D eigenvalue weighted by Crippen LogP contribution is 2.60. The minimum Gasteiger partial charge on any atom is -0.393 e. The quantitative estimate of drug-likeness (QED) is 0.401. The van der Waals surface area contributed by atoms with Crippen molar-refractivity contribution in [3.05, 3.63) is 35.5 Å². The molecule has 182 valence electrons. The summed E-state index contributed by atoms with van der Waals surface area (Å²) in [6.07, 6.45) is 15.7. The van der Waals surface area contributed by atoms with Gasteiger partial charge in [-0.1, -0.05) is 64.8 Å². The summed E-state index contributed by atoms with van der Waals surface area (Å²) in [7, 11) is 0. The maximum atomic E-state index is 10.6. The van der Waals surface area contributed by atoms with Gasteiger partial charge in [0, 0.05) is 6.42 Å². The molecule has 32 heavy (non-hydrogen) atoms. The predicted molar refractivity (Wildman–Crippen MR) is 133 cm³/mol. The van der Waals surface area contributed by atoms with Crippen molar-refractivity contribution in [2.24, 2.45) is 23.2 Å². The zero-order valence-electron chi connectivity index (χ0n) is 21.1. The Bertz CT molecular complexity index is 716. The molecule has 0 amide bonds. The van der Waals surface area contributed by atoms with E-state index in [2.05, 4.69) is 46.4 Å². The van der Waals surface area contributed by atoms with E-state index in [0.717, 1.165) is 42.7 Å². The van der Waals surface area contributed by atoms with Gasteiger partial charge >= 0.3 is 0 Å². The van der Waals surface area contributed by atoms with Crippen LogP contribution >= 0.6 is 0 Å². The number of hydrogen-bond donors (Lipinski definition) is 3. The van der Waals surface area contributed by atoms with E-state index in [4.69, 9.17) is 0 Å². The first-order valence-corrected chi connectivity index (χ1v) is 13.3. The highest BCUT2D eigenvalue weighted by atomic mass is 16.3. The molecule has 0 aromatic rings. The molecule has 3 saturated carbocycles. The molecule has 0 aromatic carbocycles. The van der Waals surface area contributed by atoms with Crippen LogP contribution < -0.4 is 0 Å². The van der Waals surface area contributed by atoms with E-state index in [0.29, 0.717) is 30.1 Å². The Morgan fingerprint density at radius 2 is 1.91 bits per heavy atom. The Morgan fingerprint density at radius 1 is 1.19 bits per heavy atom. The first kappa shape index (κ1) is 25.7. The molecule has 0 unspecified atom stereocenters. The number of rotatable bonds is 8. The van der Waals surface area contributed by atoms with Crippen LogP contribution in [0.4, 0.5) is 0 Å². The molecule has 0 aliphatic heterocycles. The molecule has 3 heteroatoms. The predicted octanol–water partition coefficient (Wildman–Crippen LogP) is 6.48. The van der Waals surface area contributed by atoms with E-state index >= 15 is 0 Å². The number of allylic oxidation sites excluding steroid dienone is 3. The lowest BCUT2D eigenvalue weighted by Gasteiger charge is -2.44. The summed E-state index contributed by atoms with van der Waals surface area (Å²) in [6, 6.07) is 0. The zero-order chi connectivity index (χ0) is 23.5. The molecule has 3 aliphatic rings. The van der Waals surface area contributed by atoms with Crippen molar-refractivity contribution in [1.29, 1.82) is 0 Å². The van der Waals surface area contributed by atoms with Crippen molar-refractivity contribution in [3.63, 3.8) is 0 Å². The highest BCUT2D eigenvalue weighted by molar-refractivity contribution is 5.38. The first-order valence-electron chi connectivity index (χ1n) is 13.3. The van der Waals surface area contributed by atoms with Crippen molar-refractivity contribution >= 4 is 0 Å². The molecule has 3 nitrogen and oxygen atoms in total. The fourth-order valence-corrected chi connectivity index (χ4v) is 7.24. The summed E-state index contributed by atoms with van der Waals surface area (Å²) in [5, 5.41) is 30.9. The second kappa shape index (κ2) is 10.6. The molecule has 0 saturated heterocycles. The van der Waals surface area contributed by atoms with E-state index in [1.165, 1.54) is 38.5 Å². The molecule has 3 N–H and O–H groups in total. The van der Waals surface area contributed by atoms with E-state index in [1.54, 1.807) is 5.57 Å². The van der Waals surface area contributed by atoms with E-state index in [9.17, 15) is 15.3 Å². The minimum atomic E-state index is -0.616. The van der Waals surface area contributed by atoms with Crippen molar-refractivity contribution in [3.8, 4) is 0 Å². The Labute approximate surface area is 196 Å². The van der Waals surface area contributed by atoms with Crippen LogP contribution in [0.15, 0.2) is 35.5 Å². The van der Waals surface area contributed by atoms with Crippen LogP contribution in [0, 0.1) is 23.2 Å². The van der Waals surface area contributed by atoms with Crippen LogP contribution in [0.5, 0.6) is 0 Å². The number of fused-ring (bicyclic) bond motifs is 1. The molecular formula is C29H48O3. The van der Waals surface area contributed by atoms with Crippen molar-refractivity contribution in [2.75, 3.05) is 0 Å². The molecule has 0 bridgehead atoms. The van der Waals surface area contributed by atoms with Crippen LogP contribution in [0.1, 0.15) is 105 Å². The van der Waals surface area contributed by atoms with Crippen LogP contribution in [0.2, 0.25) is 0 Å². The van der Waals surface area contributed by atoms with Gasteiger partial charge in [0.05, 0.1) is 17.8 Å². The Morgan fingerprint density at radius 3 is 2.59 bits per heavy atom. The van der Waals surface area contributed by atoms with Gasteiger partial charge in [0.25, 0.3) is 0 Å². The van der Waals surface area contributed by atoms with Crippen molar-refractivity contribution in [2.45, 2.75) is 123 Å². The van der Waals surface area contributed by atoms with Crippen LogP contribution in [0.25, 0.3) is 0 Å². The summed E-state index contributed by atoms with van der Waals surface area (Å²) in [5.74, 6) is 2.10. The fourth-order valence-electron chi connectivity index (χ4n) is 7.24. The summed E-state index contributed by atoms with van der Waals surface area (Å²) in [4.78, 5) is 0. The van der Waals surface area contributed by atoms with Gasteiger partial charge in [0.1, 0.15) is 0 Å². The molecule has 0 radical (unpaired) electrons. The third-order valence-corrected chi connectivity index (χ3v) is 9.61. The van der Waals surface area contributed by atoms with Gasteiger partial charge in [-0.3, -0.25) is 0 Å². The van der Waals surface area contributed by atoms with Crippen molar-refractivity contribution in [1.82, 2.24) is 0 Å². The normalized spacial score (nSPS) is 37.2. The molecule has 0 heterocycles. The average Bonchev–Trinajstić information content (AvgIpc) is 3.12. The van der Waals surface area contributed by atoms with Crippen LogP contribution in [-0.2, 0) is 0 Å². The van der Waals surface area contributed by atoms with Crippen LogP contribution in [0.3, 0.4) is 0 Å². The smallest absolute Gasteiger partial charge is 0.0811 e. The maximum absolute atomic E-state index is 10.6. The standard InChI is InChI=1S/C29H48O3/c1-6-29(32,7-2)17-8-10-20(3)25-14-15-26-22(11-9-16-28(25,26)5)12-13-23-18-24(30)19-27(31)21(23)4/h12-13,20,24-27,30-32H,4,6-11,14-19H2,1-3,5H3/b22-12+,23-13-/t20-,24+,25-,26+,27+,28-/m1/s1. The van der Waals surface area contributed by atoms with Crippen LogP contribution in [-0.4, -0.2) is 33.1 Å². The Hall–Kier alpha value is -0.900. The van der Waals surface area contributed by atoms with Gasteiger partial charge in [-0.05, 0) is 92.1 Å². The van der Waals surface area contributed by atoms with Gasteiger partial charge in [-0.2, -0.15) is 0 Å². The first-order chi connectivity index (χ1) is 15.1. The summed E-state index contributed by atoms with van der Waals surface area (Å²) in [5.41, 5.74) is 3.26. The summed E-state index contributed by atoms with van der Waals surface area (Å²) >= 11 is 0. The summed E-state index contributed by atoms with van der Waals surface area (Å²) in [6.45, 7) is 13.3. The lowest BCUT2D eigenvalue weighted by Crippen LogP contribution is -2.36. The second-order valence-corrected chi connectivity index (χ2v) is 11.5. The zero-order valence-corrected chi connectivity index (χ0v) is 21.1. The van der Waals surface area contributed by atoms with Crippen molar-refractivity contribution < 1.29 is 15.3 Å². The SMILES string of the molecule is C=C1/C(=C\C=C2/CCC[C@]3(C)[C@@H]([C@H](C)CCCC(O)(CC)CC)CC[C@@H]23)C[C@H](O)C[C@@H]1O. The van der Waals surface area contributed by atoms with E-state index in [-0.39, 0.29) is 0 Å². The van der Waals surface area contributed by atoms with E-state index in [1.807, 2.05) is 0 Å².